The molecule has 0 unspecified atom stereocenters. The van der Waals surface area contributed by atoms with E-state index in [1.165, 1.54) is 24.2 Å². The van der Waals surface area contributed by atoms with Gasteiger partial charge in [-0.3, -0.25) is 4.79 Å². The van der Waals surface area contributed by atoms with Crippen molar-refractivity contribution in [2.24, 2.45) is 0 Å². The number of aromatic nitrogens is 3. The van der Waals surface area contributed by atoms with Gasteiger partial charge >= 0.3 is 0 Å². The van der Waals surface area contributed by atoms with Crippen LogP contribution >= 0.6 is 0 Å². The van der Waals surface area contributed by atoms with Crippen LogP contribution in [0.2, 0.25) is 0 Å². The lowest BCUT2D eigenvalue weighted by atomic mass is 9.84. The van der Waals surface area contributed by atoms with E-state index < -0.39 is 0 Å². The summed E-state index contributed by atoms with van der Waals surface area (Å²) in [6, 6.07) is 11.6. The first kappa shape index (κ1) is 31.8. The highest BCUT2D eigenvalue weighted by Gasteiger charge is 2.24. The second kappa shape index (κ2) is 14.1. The quantitative estimate of drug-likeness (QED) is 0.238. The van der Waals surface area contributed by atoms with Gasteiger partial charge in [0.05, 0.1) is 26.2 Å². The molecule has 0 fully saturated rings. The van der Waals surface area contributed by atoms with Gasteiger partial charge in [-0.05, 0) is 55.9 Å². The zero-order valence-corrected chi connectivity index (χ0v) is 25.6. The van der Waals surface area contributed by atoms with E-state index in [-0.39, 0.29) is 34.1 Å². The summed E-state index contributed by atoms with van der Waals surface area (Å²) in [6.45, 7) is 18.3. The number of halogens is 1. The summed E-state index contributed by atoms with van der Waals surface area (Å²) in [4.78, 5) is 14.2. The van der Waals surface area contributed by atoms with Gasteiger partial charge in [0.25, 0.3) is 0 Å². The van der Waals surface area contributed by atoms with Crippen LogP contribution < -0.4 is 22.3 Å². The normalized spacial score (nSPS) is 11.9. The third-order valence-electron chi connectivity index (χ3n) is 7.56. The molecular weight excluding hydrogens is 542 g/mol. The highest BCUT2D eigenvalue weighted by atomic mass is 79.9. The number of benzene rings is 2. The molecule has 2 aromatic carbocycles. The van der Waals surface area contributed by atoms with Gasteiger partial charge in [0.15, 0.2) is 0 Å². The van der Waals surface area contributed by atoms with Crippen LogP contribution in [0.4, 0.5) is 0 Å². The second-order valence-electron chi connectivity index (χ2n) is 11.2. The van der Waals surface area contributed by atoms with Gasteiger partial charge < -0.3 is 31.9 Å². The van der Waals surface area contributed by atoms with E-state index >= 15 is 0 Å². The molecule has 0 aliphatic carbocycles. The second-order valence-corrected chi connectivity index (χ2v) is 11.2. The molecule has 0 saturated carbocycles. The Morgan fingerprint density at radius 1 is 1.00 bits per heavy atom. The Bertz CT molecular complexity index is 1150. The predicted octanol–water partition coefficient (Wildman–Crippen LogP) is 2.52. The summed E-state index contributed by atoms with van der Waals surface area (Å²) in [7, 11) is 0. The van der Waals surface area contributed by atoms with Crippen molar-refractivity contribution in [2.45, 2.75) is 79.1 Å². The molecule has 7 nitrogen and oxygen atoms in total. The molecule has 1 aromatic heterocycles. The summed E-state index contributed by atoms with van der Waals surface area (Å²) >= 11 is 0. The summed E-state index contributed by atoms with van der Waals surface area (Å²) < 4.78 is 1.13. The number of nitrogens with one attached hydrogen (secondary N) is 1. The molecule has 0 spiro atoms. The van der Waals surface area contributed by atoms with E-state index in [1.54, 1.807) is 0 Å². The van der Waals surface area contributed by atoms with E-state index in [0.717, 1.165) is 52.7 Å². The van der Waals surface area contributed by atoms with Crippen LogP contribution in [0.1, 0.15) is 78.4 Å². The zero-order valence-electron chi connectivity index (χ0n) is 24.1. The third kappa shape index (κ3) is 8.03. The van der Waals surface area contributed by atoms with Crippen molar-refractivity contribution in [2.75, 3.05) is 32.7 Å². The average Bonchev–Trinajstić information content (AvgIpc) is 3.31. The summed E-state index contributed by atoms with van der Waals surface area (Å²) in [5, 5.41) is 23.4. The number of unbranched alkanes of at least 4 members (excludes halogenated alkanes) is 1. The first-order valence-corrected chi connectivity index (χ1v) is 13.9. The molecule has 3 aromatic rings. The SMILES string of the molecule is CCCC[N+](CC)(CC)CCCNC(=O)CCc1cc(-n2nc3ccccc3n2)c(O)c(C(C)(C)C)c1.[Br-]. The number of quaternary nitrogens is 1. The molecule has 1 amide bonds. The van der Waals surface area contributed by atoms with Crippen LogP contribution in [0.3, 0.4) is 0 Å². The van der Waals surface area contributed by atoms with Crippen LogP contribution in [-0.2, 0) is 16.6 Å². The van der Waals surface area contributed by atoms with E-state index in [2.05, 4.69) is 57.1 Å². The molecule has 0 bridgehead atoms. The highest BCUT2D eigenvalue weighted by molar-refractivity contribution is 5.76. The molecule has 0 saturated heterocycles. The van der Waals surface area contributed by atoms with E-state index in [1.807, 2.05) is 36.4 Å². The Morgan fingerprint density at radius 3 is 2.16 bits per heavy atom. The molecule has 210 valence electrons. The van der Waals surface area contributed by atoms with E-state index in [0.29, 0.717) is 25.1 Å². The Labute approximate surface area is 239 Å². The Balaban J connectivity index is 0.00000507. The number of aryl methyl sites for hydroxylation is 1. The number of carbonyl (C=O) groups excluding carboxylic acids is 1. The lowest BCUT2D eigenvalue weighted by Gasteiger charge is -2.37. The van der Waals surface area contributed by atoms with Crippen LogP contribution in [0, 0.1) is 0 Å². The summed E-state index contributed by atoms with van der Waals surface area (Å²) in [6.07, 6.45) is 4.46. The summed E-state index contributed by atoms with van der Waals surface area (Å²) in [5.74, 6) is 0.243. The minimum Gasteiger partial charge on any atom is -1.00 e. The maximum atomic E-state index is 12.7. The van der Waals surface area contributed by atoms with Crippen molar-refractivity contribution in [3.05, 3.63) is 47.5 Å². The minimum atomic E-state index is -0.273. The van der Waals surface area contributed by atoms with Crippen LogP contribution in [0.15, 0.2) is 36.4 Å². The first-order chi connectivity index (χ1) is 17.6. The molecule has 0 radical (unpaired) electrons. The number of hydrogen-bond acceptors (Lipinski definition) is 4. The number of carbonyl (C=O) groups is 1. The van der Waals surface area contributed by atoms with Crippen molar-refractivity contribution in [1.82, 2.24) is 20.3 Å². The molecule has 2 N–H and O–H groups in total. The lowest BCUT2D eigenvalue weighted by molar-refractivity contribution is -0.925. The Kier molecular flexibility index (Phi) is 11.8. The Hall–Kier alpha value is -2.45. The molecule has 0 aliphatic heterocycles. The molecular formula is C30H46BrN5O2. The number of hydrogen-bond donors (Lipinski definition) is 2. The standard InChI is InChI=1S/C30H45N5O2.BrH/c1-7-10-19-35(8-2,9-3)20-13-18-31-28(36)17-16-23-21-24(30(4,5)6)29(37)27(22-23)34-32-25-14-11-12-15-26(25)33-34;/h11-12,14-15,21-22H,7-10,13,16-20H2,1-6H3,(H-,31,36,37);1H. The first-order valence-electron chi connectivity index (χ1n) is 13.9. The van der Waals surface area contributed by atoms with Crippen LogP contribution in [0.25, 0.3) is 16.7 Å². The number of aromatic hydroxyl groups is 1. The van der Waals surface area contributed by atoms with Crippen molar-refractivity contribution in [3.63, 3.8) is 0 Å². The summed E-state index contributed by atoms with van der Waals surface area (Å²) in [5.41, 5.74) is 3.62. The van der Waals surface area contributed by atoms with Gasteiger partial charge in [-0.1, -0.05) is 52.3 Å². The van der Waals surface area contributed by atoms with Gasteiger partial charge in [0.1, 0.15) is 22.5 Å². The number of phenols is 1. The van der Waals surface area contributed by atoms with Crippen LogP contribution in [0.5, 0.6) is 5.75 Å². The molecule has 0 aliphatic rings. The van der Waals surface area contributed by atoms with Crippen molar-refractivity contribution >= 4 is 16.9 Å². The molecule has 38 heavy (non-hydrogen) atoms. The fraction of sp³-hybridized carbons (Fsp3) is 0.567. The van der Waals surface area contributed by atoms with Crippen molar-refractivity contribution in [1.29, 1.82) is 0 Å². The van der Waals surface area contributed by atoms with Gasteiger partial charge in [0, 0.05) is 24.9 Å². The number of amides is 1. The lowest BCUT2D eigenvalue weighted by Crippen LogP contribution is -3.00. The number of rotatable bonds is 13. The minimum absolute atomic E-state index is 0. The van der Waals surface area contributed by atoms with Gasteiger partial charge in [-0.25, -0.2) is 0 Å². The zero-order chi connectivity index (χ0) is 27.1. The fourth-order valence-corrected chi connectivity index (χ4v) is 4.96. The van der Waals surface area contributed by atoms with Gasteiger partial charge in [0.2, 0.25) is 5.91 Å². The van der Waals surface area contributed by atoms with E-state index in [4.69, 9.17) is 0 Å². The topological polar surface area (TPSA) is 80.0 Å². The smallest absolute Gasteiger partial charge is 0.220 e. The van der Waals surface area contributed by atoms with E-state index in [9.17, 15) is 9.90 Å². The van der Waals surface area contributed by atoms with Crippen LogP contribution in [-0.4, -0.2) is 63.2 Å². The maximum absolute atomic E-state index is 12.7. The molecule has 3 rings (SSSR count). The molecule has 1 heterocycles. The largest absolute Gasteiger partial charge is 1.00 e. The molecule has 0 atom stereocenters. The van der Waals surface area contributed by atoms with Crippen molar-refractivity contribution in [3.8, 4) is 11.4 Å². The molecule has 8 heteroatoms. The van der Waals surface area contributed by atoms with Gasteiger partial charge in [-0.15, -0.1) is 15.0 Å². The average molecular weight is 589 g/mol. The van der Waals surface area contributed by atoms with Gasteiger partial charge in [-0.2, -0.15) is 0 Å². The fourth-order valence-electron chi connectivity index (χ4n) is 4.96. The highest BCUT2D eigenvalue weighted by Crippen LogP contribution is 2.36. The monoisotopic (exact) mass is 587 g/mol. The third-order valence-corrected chi connectivity index (χ3v) is 7.56. The number of nitrogens with zero attached hydrogens (tertiary/aromatic N) is 4. The maximum Gasteiger partial charge on any atom is 0.220 e. The predicted molar refractivity (Wildman–Crippen MR) is 151 cm³/mol. The Morgan fingerprint density at radius 2 is 1.61 bits per heavy atom. The van der Waals surface area contributed by atoms with Crippen molar-refractivity contribution < 1.29 is 31.4 Å². The number of fused-ring (bicyclic) bond motifs is 1. The number of phenolic OH excluding ortho intramolecular Hbond substituents is 1.